The van der Waals surface area contributed by atoms with Crippen LogP contribution in [0.1, 0.15) is 10.4 Å². The van der Waals surface area contributed by atoms with Crippen LogP contribution in [0.4, 0.5) is 5.69 Å². The highest BCUT2D eigenvalue weighted by atomic mass is 32.1. The van der Waals surface area contributed by atoms with Crippen molar-refractivity contribution in [1.82, 2.24) is 23.1 Å². The molecular weight excluding hydrogens is 388 g/mol. The predicted octanol–water partition coefficient (Wildman–Crippen LogP) is 3.66. The minimum Gasteiger partial charge on any atom is -0.495 e. The molecule has 1 amide bonds. The van der Waals surface area contributed by atoms with Crippen LogP contribution in [0.3, 0.4) is 0 Å². The van der Waals surface area contributed by atoms with Crippen molar-refractivity contribution < 1.29 is 9.53 Å². The van der Waals surface area contributed by atoms with Crippen molar-refractivity contribution >= 4 is 40.1 Å². The number of amides is 1. The molecule has 8 nitrogen and oxygen atoms in total. The molecule has 142 valence electrons. The zero-order valence-electron chi connectivity index (χ0n) is 15.2. The normalized spacial score (nSPS) is 11.1. The van der Waals surface area contributed by atoms with Crippen molar-refractivity contribution in [2.24, 2.45) is 0 Å². The highest BCUT2D eigenvalue weighted by molar-refractivity contribution is 7.00. The number of ether oxygens (including phenoxy) is 1. The summed E-state index contributed by atoms with van der Waals surface area (Å²) in [6.45, 7) is 0. The van der Waals surface area contributed by atoms with Crippen LogP contribution in [-0.2, 0) is 0 Å². The monoisotopic (exact) mass is 402 g/mol. The standard InChI is InChI=1S/C20H14N6O2S/c1-28-18-6-4-12(17-11-26-8-2-7-21-20(26)23-17)9-16(18)22-19(27)13-3-5-14-15(10-13)25-29-24-14/h2-11H,1H3,(H,22,27). The van der Waals surface area contributed by atoms with Gasteiger partial charge in [0.05, 0.1) is 30.2 Å². The van der Waals surface area contributed by atoms with Gasteiger partial charge in [-0.05, 0) is 42.5 Å². The van der Waals surface area contributed by atoms with Gasteiger partial charge in [0.15, 0.2) is 0 Å². The molecule has 0 atom stereocenters. The van der Waals surface area contributed by atoms with Crippen molar-refractivity contribution in [3.05, 3.63) is 66.6 Å². The van der Waals surface area contributed by atoms with Gasteiger partial charge >= 0.3 is 0 Å². The molecule has 0 saturated carbocycles. The van der Waals surface area contributed by atoms with E-state index in [4.69, 9.17) is 4.74 Å². The SMILES string of the molecule is COc1ccc(-c2cn3cccnc3n2)cc1NC(=O)c1ccc2nsnc2c1. The van der Waals surface area contributed by atoms with E-state index < -0.39 is 0 Å². The summed E-state index contributed by atoms with van der Waals surface area (Å²) in [6.07, 6.45) is 5.47. The molecule has 0 saturated heterocycles. The van der Waals surface area contributed by atoms with Crippen molar-refractivity contribution in [2.45, 2.75) is 0 Å². The van der Waals surface area contributed by atoms with Crippen LogP contribution in [0.25, 0.3) is 28.1 Å². The molecular formula is C20H14N6O2S. The number of carbonyl (C=O) groups excluding carboxylic acids is 1. The summed E-state index contributed by atoms with van der Waals surface area (Å²) in [4.78, 5) is 21.6. The molecule has 0 aliphatic heterocycles. The summed E-state index contributed by atoms with van der Waals surface area (Å²) in [5, 5.41) is 2.92. The van der Waals surface area contributed by atoms with Gasteiger partial charge in [-0.1, -0.05) is 0 Å². The number of methoxy groups -OCH3 is 1. The summed E-state index contributed by atoms with van der Waals surface area (Å²) in [7, 11) is 1.56. The Morgan fingerprint density at radius 2 is 2.03 bits per heavy atom. The Balaban J connectivity index is 1.49. The number of fused-ring (bicyclic) bond motifs is 2. The molecule has 0 spiro atoms. The van der Waals surface area contributed by atoms with Crippen molar-refractivity contribution in [1.29, 1.82) is 0 Å². The molecule has 0 unspecified atom stereocenters. The number of nitrogens with one attached hydrogen (secondary N) is 1. The lowest BCUT2D eigenvalue weighted by molar-refractivity contribution is 0.102. The number of hydrogen-bond acceptors (Lipinski definition) is 7. The number of anilines is 1. The van der Waals surface area contributed by atoms with Gasteiger partial charge < -0.3 is 10.1 Å². The van der Waals surface area contributed by atoms with E-state index in [1.54, 1.807) is 37.6 Å². The van der Waals surface area contributed by atoms with Crippen molar-refractivity contribution in [3.63, 3.8) is 0 Å². The Kier molecular flexibility index (Phi) is 4.14. The highest BCUT2D eigenvalue weighted by Gasteiger charge is 2.14. The minimum atomic E-state index is -0.257. The van der Waals surface area contributed by atoms with Gasteiger partial charge in [-0.25, -0.2) is 9.97 Å². The molecule has 5 rings (SSSR count). The average Bonchev–Trinajstić information content (AvgIpc) is 3.39. The Bertz CT molecular complexity index is 1330. The fourth-order valence-corrected chi connectivity index (χ4v) is 3.57. The zero-order chi connectivity index (χ0) is 19.8. The summed E-state index contributed by atoms with van der Waals surface area (Å²) in [5.74, 6) is 0.904. The molecule has 0 fully saturated rings. The van der Waals surface area contributed by atoms with Crippen LogP contribution < -0.4 is 10.1 Å². The zero-order valence-corrected chi connectivity index (χ0v) is 16.1. The van der Waals surface area contributed by atoms with Crippen LogP contribution in [0.5, 0.6) is 5.75 Å². The van der Waals surface area contributed by atoms with Crippen molar-refractivity contribution in [3.8, 4) is 17.0 Å². The second-order valence-corrected chi connectivity index (χ2v) is 6.82. The third kappa shape index (κ3) is 3.17. The summed E-state index contributed by atoms with van der Waals surface area (Å²) >= 11 is 1.12. The smallest absolute Gasteiger partial charge is 0.255 e. The third-order valence-corrected chi connectivity index (χ3v) is 5.05. The number of aromatic nitrogens is 5. The maximum atomic E-state index is 12.8. The molecule has 2 aromatic carbocycles. The first-order valence-corrected chi connectivity index (χ1v) is 9.46. The molecule has 0 aliphatic carbocycles. The third-order valence-electron chi connectivity index (χ3n) is 4.49. The first-order valence-electron chi connectivity index (χ1n) is 8.73. The van der Waals surface area contributed by atoms with Crippen LogP contribution in [-0.4, -0.2) is 36.1 Å². The van der Waals surface area contributed by atoms with E-state index in [0.717, 1.165) is 28.5 Å². The molecule has 9 heteroatoms. The summed E-state index contributed by atoms with van der Waals surface area (Å²) in [6, 6.07) is 12.6. The van der Waals surface area contributed by atoms with Crippen LogP contribution in [0.15, 0.2) is 61.1 Å². The highest BCUT2D eigenvalue weighted by Crippen LogP contribution is 2.31. The molecule has 1 N–H and O–H groups in total. The molecule has 0 radical (unpaired) electrons. The van der Waals surface area contributed by atoms with Gasteiger partial charge in [-0.3, -0.25) is 9.20 Å². The maximum absolute atomic E-state index is 12.8. The number of rotatable bonds is 4. The van der Waals surface area contributed by atoms with E-state index in [1.165, 1.54) is 0 Å². The predicted molar refractivity (Wildman–Crippen MR) is 110 cm³/mol. The number of carbonyl (C=O) groups is 1. The first kappa shape index (κ1) is 17.3. The second kappa shape index (κ2) is 6.95. The van der Waals surface area contributed by atoms with Gasteiger partial charge in [0.1, 0.15) is 16.8 Å². The largest absolute Gasteiger partial charge is 0.495 e. The van der Waals surface area contributed by atoms with Gasteiger partial charge in [-0.2, -0.15) is 8.75 Å². The molecule has 29 heavy (non-hydrogen) atoms. The number of nitrogens with zero attached hydrogens (tertiary/aromatic N) is 5. The molecule has 3 aromatic heterocycles. The quantitative estimate of drug-likeness (QED) is 0.493. The fraction of sp³-hybridized carbons (Fsp3) is 0.0500. The Morgan fingerprint density at radius 3 is 2.90 bits per heavy atom. The topological polar surface area (TPSA) is 94.3 Å². The van der Waals surface area contributed by atoms with Gasteiger partial charge in [-0.15, -0.1) is 0 Å². The van der Waals surface area contributed by atoms with E-state index in [0.29, 0.717) is 28.3 Å². The number of imidazole rings is 1. The van der Waals surface area contributed by atoms with Crippen LogP contribution in [0, 0.1) is 0 Å². The second-order valence-electron chi connectivity index (χ2n) is 6.29. The lowest BCUT2D eigenvalue weighted by atomic mass is 10.1. The fourth-order valence-electron chi connectivity index (χ4n) is 3.05. The molecule has 0 aliphatic rings. The van der Waals surface area contributed by atoms with Gasteiger partial charge in [0.25, 0.3) is 5.91 Å². The molecule has 0 bridgehead atoms. The minimum absolute atomic E-state index is 0.257. The van der Waals surface area contributed by atoms with E-state index >= 15 is 0 Å². The van der Waals surface area contributed by atoms with E-state index in [-0.39, 0.29) is 5.91 Å². The maximum Gasteiger partial charge on any atom is 0.255 e. The van der Waals surface area contributed by atoms with Crippen LogP contribution in [0.2, 0.25) is 0 Å². The van der Waals surface area contributed by atoms with Gasteiger partial charge in [0, 0.05) is 29.7 Å². The average molecular weight is 402 g/mol. The number of hydrogen-bond donors (Lipinski definition) is 1. The lowest BCUT2D eigenvalue weighted by Crippen LogP contribution is -2.12. The molecule has 3 heterocycles. The van der Waals surface area contributed by atoms with Crippen molar-refractivity contribution in [2.75, 3.05) is 12.4 Å². The summed E-state index contributed by atoms with van der Waals surface area (Å²) < 4.78 is 15.6. The van der Waals surface area contributed by atoms with E-state index in [2.05, 4.69) is 24.0 Å². The first-order chi connectivity index (χ1) is 14.2. The Labute approximate surface area is 169 Å². The molecule has 5 aromatic rings. The lowest BCUT2D eigenvalue weighted by Gasteiger charge is -2.11. The van der Waals surface area contributed by atoms with E-state index in [9.17, 15) is 4.79 Å². The Morgan fingerprint density at radius 1 is 1.14 bits per heavy atom. The van der Waals surface area contributed by atoms with Gasteiger partial charge in [0.2, 0.25) is 5.78 Å². The summed E-state index contributed by atoms with van der Waals surface area (Å²) in [5.41, 5.74) is 4.10. The number of benzene rings is 2. The van der Waals surface area contributed by atoms with Crippen LogP contribution >= 0.6 is 11.7 Å². The van der Waals surface area contributed by atoms with E-state index in [1.807, 2.05) is 35.0 Å². The Hall–Kier alpha value is -3.85.